The Hall–Kier alpha value is -2.64. The summed E-state index contributed by atoms with van der Waals surface area (Å²) >= 11 is 12.4. The van der Waals surface area contributed by atoms with E-state index in [0.29, 0.717) is 28.2 Å². The van der Waals surface area contributed by atoms with Crippen LogP contribution in [-0.2, 0) is 13.6 Å². The number of fused-ring (bicyclic) bond motifs is 1. The number of nitrogens with zero attached hydrogens (tertiary/aromatic N) is 6. The van der Waals surface area contributed by atoms with E-state index in [1.807, 2.05) is 25.4 Å². The summed E-state index contributed by atoms with van der Waals surface area (Å²) in [6, 6.07) is 5.53. The van der Waals surface area contributed by atoms with Gasteiger partial charge < -0.3 is 5.32 Å². The number of rotatable bonds is 4. The van der Waals surface area contributed by atoms with E-state index in [2.05, 4.69) is 25.5 Å². The molecule has 0 aliphatic rings. The molecule has 1 aromatic carbocycles. The number of aryl methyl sites for hydroxylation is 1. The van der Waals surface area contributed by atoms with Gasteiger partial charge in [-0.05, 0) is 11.6 Å². The highest BCUT2D eigenvalue weighted by molar-refractivity contribution is 6.42. The van der Waals surface area contributed by atoms with Gasteiger partial charge in [-0.1, -0.05) is 35.3 Å². The second kappa shape index (κ2) is 6.34. The number of nitrogens with one attached hydrogen (secondary N) is 1. The van der Waals surface area contributed by atoms with E-state index in [1.165, 1.54) is 0 Å². The number of benzene rings is 1. The molecule has 4 rings (SSSR count). The molecule has 0 saturated carbocycles. The molecule has 0 aliphatic heterocycles. The maximum Gasteiger partial charge on any atom is 0.229 e. The SMILES string of the molecule is Cn1cc(Nc2ncc3cnn(Cc4cccc(Cl)c4Cl)c3n2)cn1. The Morgan fingerprint density at radius 2 is 2.00 bits per heavy atom. The Bertz CT molecular complexity index is 1050. The molecule has 4 aromatic rings. The number of hydrogen-bond donors (Lipinski definition) is 1. The van der Waals surface area contributed by atoms with E-state index in [1.54, 1.807) is 34.0 Å². The van der Waals surface area contributed by atoms with Crippen LogP contribution in [0.1, 0.15) is 5.56 Å². The van der Waals surface area contributed by atoms with Crippen LogP contribution in [-0.4, -0.2) is 29.5 Å². The third-order valence-corrected chi connectivity index (χ3v) is 4.55. The molecule has 25 heavy (non-hydrogen) atoms. The topological polar surface area (TPSA) is 73.5 Å². The largest absolute Gasteiger partial charge is 0.321 e. The van der Waals surface area contributed by atoms with Crippen LogP contribution in [0.15, 0.2) is 43.0 Å². The van der Waals surface area contributed by atoms with Gasteiger partial charge in [-0.15, -0.1) is 0 Å². The Morgan fingerprint density at radius 1 is 1.12 bits per heavy atom. The highest BCUT2D eigenvalue weighted by Gasteiger charge is 2.11. The molecule has 0 radical (unpaired) electrons. The first-order chi connectivity index (χ1) is 12.1. The molecule has 0 aliphatic carbocycles. The highest BCUT2D eigenvalue weighted by atomic mass is 35.5. The molecule has 0 bridgehead atoms. The summed E-state index contributed by atoms with van der Waals surface area (Å²) in [6.07, 6.45) is 7.00. The van der Waals surface area contributed by atoms with Crippen molar-refractivity contribution in [3.63, 3.8) is 0 Å². The van der Waals surface area contributed by atoms with Crippen molar-refractivity contribution in [3.8, 4) is 0 Å². The van der Waals surface area contributed by atoms with Crippen LogP contribution in [0.25, 0.3) is 11.0 Å². The minimum Gasteiger partial charge on any atom is -0.321 e. The van der Waals surface area contributed by atoms with E-state index in [9.17, 15) is 0 Å². The number of hydrogen-bond acceptors (Lipinski definition) is 5. The van der Waals surface area contributed by atoms with Crippen molar-refractivity contribution in [1.29, 1.82) is 0 Å². The molecule has 0 spiro atoms. The fourth-order valence-electron chi connectivity index (χ4n) is 2.49. The van der Waals surface area contributed by atoms with Crippen LogP contribution in [0.3, 0.4) is 0 Å². The van der Waals surface area contributed by atoms with Gasteiger partial charge in [0.25, 0.3) is 0 Å². The molecule has 3 aromatic heterocycles. The van der Waals surface area contributed by atoms with Gasteiger partial charge in [0.05, 0.1) is 40.1 Å². The summed E-state index contributed by atoms with van der Waals surface area (Å²) in [4.78, 5) is 8.86. The van der Waals surface area contributed by atoms with Crippen LogP contribution in [0.2, 0.25) is 10.0 Å². The smallest absolute Gasteiger partial charge is 0.229 e. The average Bonchev–Trinajstić information content (AvgIpc) is 3.18. The predicted molar refractivity (Wildman–Crippen MR) is 97.4 cm³/mol. The lowest BCUT2D eigenvalue weighted by atomic mass is 10.2. The Morgan fingerprint density at radius 3 is 2.80 bits per heavy atom. The third-order valence-electron chi connectivity index (χ3n) is 3.69. The summed E-state index contributed by atoms with van der Waals surface area (Å²) in [5, 5.41) is 13.5. The lowest BCUT2D eigenvalue weighted by Crippen LogP contribution is -2.05. The first-order valence-electron chi connectivity index (χ1n) is 7.47. The van der Waals surface area contributed by atoms with E-state index in [-0.39, 0.29) is 0 Å². The lowest BCUT2D eigenvalue weighted by molar-refractivity contribution is 0.704. The summed E-state index contributed by atoms with van der Waals surface area (Å²) in [5.74, 6) is 0.472. The molecule has 0 unspecified atom stereocenters. The summed E-state index contributed by atoms with van der Waals surface area (Å²) in [5.41, 5.74) is 2.39. The van der Waals surface area contributed by atoms with Crippen molar-refractivity contribution in [2.24, 2.45) is 7.05 Å². The molecule has 0 fully saturated rings. The molecular formula is C16H13Cl2N7. The first-order valence-corrected chi connectivity index (χ1v) is 8.23. The fourth-order valence-corrected chi connectivity index (χ4v) is 2.87. The fraction of sp³-hybridized carbons (Fsp3) is 0.125. The van der Waals surface area contributed by atoms with Crippen molar-refractivity contribution in [3.05, 3.63) is 58.6 Å². The molecule has 0 saturated heterocycles. The molecule has 9 heteroatoms. The second-order valence-electron chi connectivity index (χ2n) is 5.52. The van der Waals surface area contributed by atoms with Crippen LogP contribution in [0.5, 0.6) is 0 Å². The zero-order valence-electron chi connectivity index (χ0n) is 13.2. The molecular weight excluding hydrogens is 361 g/mol. The number of aromatic nitrogens is 6. The minimum atomic E-state index is 0.465. The van der Waals surface area contributed by atoms with E-state index >= 15 is 0 Å². The van der Waals surface area contributed by atoms with Crippen LogP contribution >= 0.6 is 23.2 Å². The van der Waals surface area contributed by atoms with E-state index in [4.69, 9.17) is 23.2 Å². The quantitative estimate of drug-likeness (QED) is 0.590. The number of anilines is 2. The van der Waals surface area contributed by atoms with Gasteiger partial charge in [0.15, 0.2) is 5.65 Å². The van der Waals surface area contributed by atoms with Gasteiger partial charge in [-0.2, -0.15) is 15.2 Å². The minimum absolute atomic E-state index is 0.465. The second-order valence-corrected chi connectivity index (χ2v) is 6.30. The summed E-state index contributed by atoms with van der Waals surface area (Å²) in [7, 11) is 1.85. The predicted octanol–water partition coefficient (Wildman–Crippen LogP) is 3.66. The van der Waals surface area contributed by atoms with Crippen molar-refractivity contribution in [2.45, 2.75) is 6.54 Å². The van der Waals surface area contributed by atoms with Gasteiger partial charge in [-0.25, -0.2) is 9.67 Å². The normalized spacial score (nSPS) is 11.2. The zero-order chi connectivity index (χ0) is 17.4. The maximum atomic E-state index is 6.27. The van der Waals surface area contributed by atoms with Crippen LogP contribution < -0.4 is 5.32 Å². The van der Waals surface area contributed by atoms with Crippen molar-refractivity contribution in [2.75, 3.05) is 5.32 Å². The Labute approximate surface area is 153 Å². The zero-order valence-corrected chi connectivity index (χ0v) is 14.7. The summed E-state index contributed by atoms with van der Waals surface area (Å²) < 4.78 is 3.47. The van der Waals surface area contributed by atoms with Crippen molar-refractivity contribution in [1.82, 2.24) is 29.5 Å². The van der Waals surface area contributed by atoms with E-state index < -0.39 is 0 Å². The Balaban J connectivity index is 1.67. The number of halogens is 2. The molecule has 0 atom stereocenters. The lowest BCUT2D eigenvalue weighted by Gasteiger charge is -2.07. The van der Waals surface area contributed by atoms with Crippen LogP contribution in [0, 0.1) is 0 Å². The molecule has 126 valence electrons. The van der Waals surface area contributed by atoms with Gasteiger partial charge >= 0.3 is 0 Å². The monoisotopic (exact) mass is 373 g/mol. The van der Waals surface area contributed by atoms with Gasteiger partial charge in [-0.3, -0.25) is 4.68 Å². The third kappa shape index (κ3) is 3.16. The van der Waals surface area contributed by atoms with Gasteiger partial charge in [0.2, 0.25) is 5.95 Å². The van der Waals surface area contributed by atoms with E-state index in [0.717, 1.165) is 16.6 Å². The van der Waals surface area contributed by atoms with Crippen molar-refractivity contribution >= 4 is 45.9 Å². The maximum absolute atomic E-state index is 6.27. The van der Waals surface area contributed by atoms with Crippen LogP contribution in [0.4, 0.5) is 11.6 Å². The molecule has 1 N–H and O–H groups in total. The van der Waals surface area contributed by atoms with Crippen molar-refractivity contribution < 1.29 is 0 Å². The Kier molecular flexibility index (Phi) is 4.03. The molecule has 0 amide bonds. The average molecular weight is 374 g/mol. The molecule has 3 heterocycles. The van der Waals surface area contributed by atoms with Gasteiger partial charge in [0.1, 0.15) is 0 Å². The van der Waals surface area contributed by atoms with Gasteiger partial charge in [0, 0.05) is 19.4 Å². The highest BCUT2D eigenvalue weighted by Crippen LogP contribution is 2.26. The molecule has 7 nitrogen and oxygen atoms in total. The standard InChI is InChI=1S/C16H13Cl2N7/c1-24-9-12(7-20-24)22-16-19-5-11-6-21-25(15(11)23-16)8-10-3-2-4-13(17)14(10)18/h2-7,9H,8H2,1H3,(H,19,22,23). The summed E-state index contributed by atoms with van der Waals surface area (Å²) in [6.45, 7) is 0.465. The first kappa shape index (κ1) is 15.9.